The average Bonchev–Trinajstić information content (AvgIpc) is 3.22. The van der Waals surface area contributed by atoms with Crippen LogP contribution in [0, 0.1) is 6.92 Å². The van der Waals surface area contributed by atoms with Crippen LogP contribution < -0.4 is 16.6 Å². The van der Waals surface area contributed by atoms with Crippen molar-refractivity contribution in [2.24, 2.45) is 14.1 Å². The van der Waals surface area contributed by atoms with Crippen LogP contribution in [0.3, 0.4) is 0 Å². The van der Waals surface area contributed by atoms with Crippen LogP contribution in [0.15, 0.2) is 33.9 Å². The van der Waals surface area contributed by atoms with Gasteiger partial charge in [0.15, 0.2) is 11.2 Å². The Kier molecular flexibility index (Phi) is 4.58. The third-order valence-corrected chi connectivity index (χ3v) is 5.56. The van der Waals surface area contributed by atoms with E-state index in [9.17, 15) is 14.7 Å². The molecule has 0 spiro atoms. The van der Waals surface area contributed by atoms with Crippen LogP contribution in [0.25, 0.3) is 11.2 Å². The van der Waals surface area contributed by atoms with Crippen molar-refractivity contribution >= 4 is 17.1 Å². The Bertz CT molecular complexity index is 1140. The number of anilines is 1. The second-order valence-electron chi connectivity index (χ2n) is 7.69. The highest BCUT2D eigenvalue weighted by atomic mass is 16.3. The van der Waals surface area contributed by atoms with Crippen molar-refractivity contribution < 1.29 is 5.11 Å². The maximum atomic E-state index is 13.1. The molecule has 1 aliphatic rings. The van der Waals surface area contributed by atoms with E-state index >= 15 is 0 Å². The lowest BCUT2D eigenvalue weighted by Crippen LogP contribution is -2.39. The summed E-state index contributed by atoms with van der Waals surface area (Å²) < 4.78 is 4.37. The highest BCUT2D eigenvalue weighted by Crippen LogP contribution is 2.23. The van der Waals surface area contributed by atoms with Crippen LogP contribution in [0.5, 0.6) is 0 Å². The van der Waals surface area contributed by atoms with Gasteiger partial charge in [0.1, 0.15) is 0 Å². The van der Waals surface area contributed by atoms with E-state index in [2.05, 4.69) is 10.3 Å². The fourth-order valence-corrected chi connectivity index (χ4v) is 3.86. The van der Waals surface area contributed by atoms with E-state index in [1.807, 2.05) is 31.2 Å². The van der Waals surface area contributed by atoms with Crippen molar-refractivity contribution in [2.75, 3.05) is 5.32 Å². The lowest BCUT2D eigenvalue weighted by Gasteiger charge is -2.12. The van der Waals surface area contributed by atoms with E-state index in [1.54, 1.807) is 18.7 Å². The van der Waals surface area contributed by atoms with E-state index in [-0.39, 0.29) is 29.9 Å². The van der Waals surface area contributed by atoms with E-state index < -0.39 is 0 Å². The molecule has 2 N–H and O–H groups in total. The third-order valence-electron chi connectivity index (χ3n) is 5.56. The first kappa shape index (κ1) is 18.5. The fourth-order valence-electron chi connectivity index (χ4n) is 3.86. The summed E-state index contributed by atoms with van der Waals surface area (Å²) in [5.41, 5.74) is 2.02. The first-order chi connectivity index (χ1) is 13.3. The molecule has 1 saturated carbocycles. The molecule has 0 aliphatic heterocycles. The van der Waals surface area contributed by atoms with Gasteiger partial charge in [-0.2, -0.15) is 4.98 Å². The summed E-state index contributed by atoms with van der Waals surface area (Å²) in [4.78, 5) is 30.4. The molecule has 8 nitrogen and oxygen atoms in total. The molecule has 28 heavy (non-hydrogen) atoms. The number of aliphatic hydroxyl groups excluding tert-OH is 1. The van der Waals surface area contributed by atoms with Gasteiger partial charge in [0.25, 0.3) is 5.56 Å². The number of aryl methyl sites for hydroxylation is 3. The molecular weight excluding hydrogens is 358 g/mol. The molecule has 0 radical (unpaired) electrons. The fraction of sp³-hybridized carbons (Fsp3) is 0.450. The molecule has 2 atom stereocenters. The van der Waals surface area contributed by atoms with Crippen LogP contribution >= 0.6 is 0 Å². The molecule has 0 bridgehead atoms. The minimum atomic E-state index is -0.390. The molecule has 4 rings (SSSR count). The summed E-state index contributed by atoms with van der Waals surface area (Å²) in [6, 6.07) is 7.88. The minimum absolute atomic E-state index is 0.109. The van der Waals surface area contributed by atoms with E-state index in [0.717, 1.165) is 24.0 Å². The lowest BCUT2D eigenvalue weighted by atomic mass is 10.1. The zero-order valence-electron chi connectivity index (χ0n) is 16.3. The molecule has 0 amide bonds. The molecule has 1 aromatic carbocycles. The van der Waals surface area contributed by atoms with Gasteiger partial charge in [0, 0.05) is 20.1 Å². The van der Waals surface area contributed by atoms with E-state index in [1.165, 1.54) is 9.13 Å². The monoisotopic (exact) mass is 383 g/mol. The Balaban J connectivity index is 1.78. The van der Waals surface area contributed by atoms with Crippen LogP contribution in [-0.4, -0.2) is 35.9 Å². The van der Waals surface area contributed by atoms with Gasteiger partial charge in [0.2, 0.25) is 5.95 Å². The smallest absolute Gasteiger partial charge is 0.332 e. The molecule has 1 fully saturated rings. The van der Waals surface area contributed by atoms with Gasteiger partial charge in [-0.25, -0.2) is 4.79 Å². The van der Waals surface area contributed by atoms with Crippen LogP contribution in [0.2, 0.25) is 0 Å². The number of fused-ring (bicyclic) bond motifs is 1. The maximum absolute atomic E-state index is 13.1. The molecule has 2 heterocycles. The number of hydrogen-bond acceptors (Lipinski definition) is 5. The number of nitrogens with one attached hydrogen (secondary N) is 1. The molecule has 148 valence electrons. The minimum Gasteiger partial charge on any atom is -0.393 e. The predicted molar refractivity (Wildman–Crippen MR) is 108 cm³/mol. The second-order valence-corrected chi connectivity index (χ2v) is 7.69. The molecular formula is C20H25N5O3. The Morgan fingerprint density at radius 3 is 2.50 bits per heavy atom. The predicted octanol–water partition coefficient (Wildman–Crippen LogP) is 1.12. The maximum Gasteiger partial charge on any atom is 0.332 e. The number of benzene rings is 1. The molecule has 0 unspecified atom stereocenters. The number of nitrogens with zero attached hydrogens (tertiary/aromatic N) is 4. The van der Waals surface area contributed by atoms with Crippen molar-refractivity contribution in [3.63, 3.8) is 0 Å². The molecule has 0 saturated heterocycles. The average molecular weight is 383 g/mol. The third kappa shape index (κ3) is 3.13. The molecule has 8 heteroatoms. The van der Waals surface area contributed by atoms with Gasteiger partial charge in [0.05, 0.1) is 12.6 Å². The Labute approximate surface area is 162 Å². The van der Waals surface area contributed by atoms with Crippen molar-refractivity contribution in [3.05, 3.63) is 56.2 Å². The summed E-state index contributed by atoms with van der Waals surface area (Å²) in [5.74, 6) is 0.536. The number of rotatable bonds is 4. The van der Waals surface area contributed by atoms with Gasteiger partial charge in [-0.05, 0) is 31.7 Å². The SMILES string of the molecule is Cc1ccc(Cn2c(=O)c3c(nc(N[C@@H]4CC[C@@H](O)C4)n3C)n(C)c2=O)cc1. The van der Waals surface area contributed by atoms with Gasteiger partial charge in [-0.15, -0.1) is 0 Å². The topological polar surface area (TPSA) is 94.1 Å². The lowest BCUT2D eigenvalue weighted by molar-refractivity contribution is 0.182. The number of aromatic nitrogens is 4. The zero-order chi connectivity index (χ0) is 20.0. The van der Waals surface area contributed by atoms with E-state index in [0.29, 0.717) is 23.5 Å². The van der Waals surface area contributed by atoms with E-state index in [4.69, 9.17) is 0 Å². The van der Waals surface area contributed by atoms with Crippen LogP contribution in [0.1, 0.15) is 30.4 Å². The first-order valence-electron chi connectivity index (χ1n) is 9.51. The first-order valence-corrected chi connectivity index (χ1v) is 9.51. The van der Waals surface area contributed by atoms with Crippen molar-refractivity contribution in [1.29, 1.82) is 0 Å². The Morgan fingerprint density at radius 2 is 1.86 bits per heavy atom. The summed E-state index contributed by atoms with van der Waals surface area (Å²) >= 11 is 0. The quantitative estimate of drug-likeness (QED) is 0.704. The molecule has 2 aromatic heterocycles. The van der Waals surface area contributed by atoms with Gasteiger partial charge >= 0.3 is 5.69 Å². The van der Waals surface area contributed by atoms with Gasteiger partial charge in [-0.1, -0.05) is 29.8 Å². The van der Waals surface area contributed by atoms with Crippen molar-refractivity contribution in [2.45, 2.75) is 44.9 Å². The number of aliphatic hydroxyl groups is 1. The van der Waals surface area contributed by atoms with Gasteiger partial charge < -0.3 is 15.0 Å². The standard InChI is InChI=1S/C20H25N5O3/c1-12-4-6-13(7-5-12)11-25-18(27)16-17(24(3)20(25)28)22-19(23(16)2)21-14-8-9-15(26)10-14/h4-7,14-15,26H,8-11H2,1-3H3,(H,21,22)/t14-,15-/m1/s1. The summed E-state index contributed by atoms with van der Waals surface area (Å²) in [6.45, 7) is 2.21. The van der Waals surface area contributed by atoms with Crippen molar-refractivity contribution in [1.82, 2.24) is 18.7 Å². The van der Waals surface area contributed by atoms with Crippen LogP contribution in [-0.2, 0) is 20.6 Å². The van der Waals surface area contributed by atoms with Crippen molar-refractivity contribution in [3.8, 4) is 0 Å². The summed E-state index contributed by atoms with van der Waals surface area (Å²) in [5, 5.41) is 13.0. The molecule has 3 aromatic rings. The number of imidazole rings is 1. The van der Waals surface area contributed by atoms with Crippen LogP contribution in [0.4, 0.5) is 5.95 Å². The normalized spacial score (nSPS) is 19.4. The number of hydrogen-bond donors (Lipinski definition) is 2. The zero-order valence-corrected chi connectivity index (χ0v) is 16.3. The highest BCUT2D eigenvalue weighted by Gasteiger charge is 2.25. The second kappa shape index (κ2) is 6.94. The molecule has 1 aliphatic carbocycles. The Hall–Kier alpha value is -2.87. The largest absolute Gasteiger partial charge is 0.393 e. The van der Waals surface area contributed by atoms with Gasteiger partial charge in [-0.3, -0.25) is 13.9 Å². The Morgan fingerprint density at radius 1 is 1.14 bits per heavy atom. The highest BCUT2D eigenvalue weighted by molar-refractivity contribution is 5.74. The summed E-state index contributed by atoms with van der Waals surface area (Å²) in [6.07, 6.45) is 1.95. The summed E-state index contributed by atoms with van der Waals surface area (Å²) in [7, 11) is 3.40.